The van der Waals surface area contributed by atoms with Crippen molar-refractivity contribution in [3.63, 3.8) is 0 Å². The number of hydrogen-bond acceptors (Lipinski definition) is 6. The molecule has 1 unspecified atom stereocenters. The third kappa shape index (κ3) is 4.04. The van der Waals surface area contributed by atoms with Crippen LogP contribution in [0.25, 0.3) is 0 Å². The van der Waals surface area contributed by atoms with E-state index in [1.807, 2.05) is 11.0 Å². The summed E-state index contributed by atoms with van der Waals surface area (Å²) in [5, 5.41) is 5.21. The Kier molecular flexibility index (Phi) is 5.77. The number of nitrogens with zero attached hydrogens (tertiary/aromatic N) is 3. The Hall–Kier alpha value is -3.43. The maximum absolute atomic E-state index is 13.4. The number of rotatable bonds is 4. The molecular formula is C25H31N5O5. The van der Waals surface area contributed by atoms with Gasteiger partial charge in [-0.2, -0.15) is 0 Å². The van der Waals surface area contributed by atoms with Crippen molar-refractivity contribution in [3.8, 4) is 0 Å². The lowest BCUT2D eigenvalue weighted by molar-refractivity contribution is -0.136. The molecule has 6 amide bonds. The van der Waals surface area contributed by atoms with Crippen molar-refractivity contribution in [1.82, 2.24) is 20.4 Å². The van der Waals surface area contributed by atoms with Gasteiger partial charge in [0.15, 0.2) is 0 Å². The average molecular weight is 482 g/mol. The first-order valence-corrected chi connectivity index (χ1v) is 12.3. The van der Waals surface area contributed by atoms with Crippen LogP contribution >= 0.6 is 0 Å². The van der Waals surface area contributed by atoms with Gasteiger partial charge < -0.3 is 15.1 Å². The van der Waals surface area contributed by atoms with Gasteiger partial charge in [-0.1, -0.05) is 19.9 Å². The molecule has 4 heterocycles. The second-order valence-electron chi connectivity index (χ2n) is 10.6. The molecule has 10 heteroatoms. The molecule has 0 aromatic heterocycles. The van der Waals surface area contributed by atoms with Gasteiger partial charge in [0.1, 0.15) is 6.04 Å². The summed E-state index contributed by atoms with van der Waals surface area (Å²) in [5.41, 5.74) is 1.43. The van der Waals surface area contributed by atoms with Crippen LogP contribution in [0.3, 0.4) is 0 Å². The van der Waals surface area contributed by atoms with E-state index in [-0.39, 0.29) is 24.3 Å². The molecule has 0 aliphatic carbocycles. The summed E-state index contributed by atoms with van der Waals surface area (Å²) in [7, 11) is 0. The van der Waals surface area contributed by atoms with Crippen LogP contribution in [0.4, 0.5) is 10.5 Å². The van der Waals surface area contributed by atoms with Gasteiger partial charge in [0.25, 0.3) is 11.8 Å². The van der Waals surface area contributed by atoms with Gasteiger partial charge in [0.2, 0.25) is 11.8 Å². The van der Waals surface area contributed by atoms with E-state index in [4.69, 9.17) is 0 Å². The molecule has 1 atom stereocenters. The van der Waals surface area contributed by atoms with E-state index in [9.17, 15) is 24.0 Å². The Morgan fingerprint density at radius 3 is 2.49 bits per heavy atom. The monoisotopic (exact) mass is 481 g/mol. The van der Waals surface area contributed by atoms with Gasteiger partial charge in [-0.3, -0.25) is 29.4 Å². The lowest BCUT2D eigenvalue weighted by Gasteiger charge is -2.55. The number of urea groups is 1. The van der Waals surface area contributed by atoms with E-state index in [0.29, 0.717) is 42.4 Å². The van der Waals surface area contributed by atoms with Crippen molar-refractivity contribution in [1.29, 1.82) is 0 Å². The fraction of sp³-hybridized carbons (Fsp3) is 0.560. The Morgan fingerprint density at radius 2 is 1.83 bits per heavy atom. The number of likely N-dealkylation sites (tertiary alicyclic amines) is 1. The predicted octanol–water partition coefficient (Wildman–Crippen LogP) is 1.36. The van der Waals surface area contributed by atoms with E-state index in [1.165, 1.54) is 0 Å². The topological polar surface area (TPSA) is 119 Å². The number of nitrogens with one attached hydrogen (secondary N) is 2. The molecule has 35 heavy (non-hydrogen) atoms. The summed E-state index contributed by atoms with van der Waals surface area (Å²) in [4.78, 5) is 67.7. The third-order valence-electron chi connectivity index (χ3n) is 7.61. The Morgan fingerprint density at radius 1 is 1.11 bits per heavy atom. The lowest BCUT2D eigenvalue weighted by Crippen LogP contribution is -2.62. The van der Waals surface area contributed by atoms with Gasteiger partial charge in [0.05, 0.1) is 16.8 Å². The SMILES string of the molecule is CC(C)CNC(=O)N1CCC2(CC1)CN(c1cccc3c1C(=O)N(C1CCC(=O)NC1=O)C3=O)C2. The summed E-state index contributed by atoms with van der Waals surface area (Å²) in [6.45, 7) is 7.70. The number of imide groups is 2. The number of amides is 6. The first kappa shape index (κ1) is 23.3. The largest absolute Gasteiger partial charge is 0.370 e. The number of benzene rings is 1. The summed E-state index contributed by atoms with van der Waals surface area (Å²) >= 11 is 0. The Balaban J connectivity index is 1.26. The van der Waals surface area contributed by atoms with Crippen molar-refractivity contribution >= 4 is 35.3 Å². The summed E-state index contributed by atoms with van der Waals surface area (Å²) in [6.07, 6.45) is 2.02. The number of carbonyl (C=O) groups is 5. The molecule has 3 fully saturated rings. The zero-order valence-electron chi connectivity index (χ0n) is 20.1. The van der Waals surface area contributed by atoms with E-state index >= 15 is 0 Å². The Bertz CT molecular complexity index is 1100. The van der Waals surface area contributed by atoms with Gasteiger partial charge in [0, 0.05) is 44.6 Å². The maximum atomic E-state index is 13.4. The maximum Gasteiger partial charge on any atom is 0.317 e. The number of anilines is 1. The first-order chi connectivity index (χ1) is 16.7. The highest BCUT2D eigenvalue weighted by Gasteiger charge is 2.50. The molecule has 2 N–H and O–H groups in total. The molecule has 1 spiro atoms. The fourth-order valence-electron chi connectivity index (χ4n) is 5.60. The van der Waals surface area contributed by atoms with E-state index in [2.05, 4.69) is 29.4 Å². The molecule has 0 bridgehead atoms. The molecule has 1 aromatic rings. The fourth-order valence-corrected chi connectivity index (χ4v) is 5.60. The molecule has 4 aliphatic rings. The lowest BCUT2D eigenvalue weighted by atomic mass is 9.71. The van der Waals surface area contributed by atoms with Crippen molar-refractivity contribution in [2.45, 2.75) is 45.6 Å². The van der Waals surface area contributed by atoms with E-state index in [1.54, 1.807) is 12.1 Å². The second kappa shape index (κ2) is 8.66. The highest BCUT2D eigenvalue weighted by Crippen LogP contribution is 2.45. The molecule has 4 aliphatic heterocycles. The standard InChI is InChI=1S/C25H31N5O5/c1-15(2)12-26-24(35)28-10-8-25(9-11-28)13-29(14-25)17-5-3-4-16-20(17)23(34)30(22(16)33)18-6-7-19(31)27-21(18)32/h3-5,15,18H,6-14H2,1-2H3,(H,26,35)(H,27,31,32). The molecule has 1 aromatic carbocycles. The van der Waals surface area contributed by atoms with Gasteiger partial charge >= 0.3 is 6.03 Å². The molecular weight excluding hydrogens is 450 g/mol. The quantitative estimate of drug-likeness (QED) is 0.627. The number of piperidine rings is 2. The number of fused-ring (bicyclic) bond motifs is 1. The normalized spacial score (nSPS) is 23.5. The van der Waals surface area contributed by atoms with Crippen LogP contribution in [0.15, 0.2) is 18.2 Å². The molecule has 5 rings (SSSR count). The van der Waals surface area contributed by atoms with E-state index < -0.39 is 29.7 Å². The van der Waals surface area contributed by atoms with Crippen LogP contribution in [0, 0.1) is 11.3 Å². The van der Waals surface area contributed by atoms with Gasteiger partial charge in [-0.15, -0.1) is 0 Å². The molecule has 186 valence electrons. The highest BCUT2D eigenvalue weighted by molar-refractivity contribution is 6.25. The third-order valence-corrected chi connectivity index (χ3v) is 7.61. The number of hydrogen-bond donors (Lipinski definition) is 2. The minimum atomic E-state index is -0.971. The molecule has 0 saturated carbocycles. The summed E-state index contributed by atoms with van der Waals surface area (Å²) < 4.78 is 0. The van der Waals surface area contributed by atoms with Crippen molar-refractivity contribution in [3.05, 3.63) is 29.3 Å². The predicted molar refractivity (Wildman–Crippen MR) is 127 cm³/mol. The first-order valence-electron chi connectivity index (χ1n) is 12.3. The zero-order valence-corrected chi connectivity index (χ0v) is 20.1. The minimum Gasteiger partial charge on any atom is -0.370 e. The van der Waals surface area contributed by atoms with Crippen LogP contribution < -0.4 is 15.5 Å². The van der Waals surface area contributed by atoms with Crippen LogP contribution in [0.2, 0.25) is 0 Å². The van der Waals surface area contributed by atoms with Crippen LogP contribution in [0.1, 0.15) is 60.2 Å². The van der Waals surface area contributed by atoms with Crippen LogP contribution in [-0.4, -0.2) is 78.2 Å². The van der Waals surface area contributed by atoms with Gasteiger partial charge in [-0.05, 0) is 37.3 Å². The summed E-state index contributed by atoms with van der Waals surface area (Å²) in [6, 6.07) is 4.25. The van der Waals surface area contributed by atoms with Crippen molar-refractivity contribution in [2.75, 3.05) is 37.6 Å². The smallest absolute Gasteiger partial charge is 0.317 e. The van der Waals surface area contributed by atoms with Gasteiger partial charge in [-0.25, -0.2) is 4.79 Å². The van der Waals surface area contributed by atoms with Crippen molar-refractivity contribution < 1.29 is 24.0 Å². The molecule has 10 nitrogen and oxygen atoms in total. The zero-order chi connectivity index (χ0) is 24.9. The van der Waals surface area contributed by atoms with Crippen LogP contribution in [0.5, 0.6) is 0 Å². The summed E-state index contributed by atoms with van der Waals surface area (Å²) in [5.74, 6) is -1.56. The second-order valence-corrected chi connectivity index (χ2v) is 10.6. The van der Waals surface area contributed by atoms with E-state index in [0.717, 1.165) is 30.8 Å². The highest BCUT2D eigenvalue weighted by atomic mass is 16.2. The molecule has 3 saturated heterocycles. The number of carbonyl (C=O) groups excluding carboxylic acids is 5. The Labute approximate surface area is 204 Å². The minimum absolute atomic E-state index is 0.0109. The van der Waals surface area contributed by atoms with Crippen LogP contribution in [-0.2, 0) is 9.59 Å². The average Bonchev–Trinajstić information content (AvgIpc) is 3.06. The van der Waals surface area contributed by atoms with Crippen molar-refractivity contribution in [2.24, 2.45) is 11.3 Å². The molecule has 0 radical (unpaired) electrons.